The lowest BCUT2D eigenvalue weighted by molar-refractivity contribution is 0.0977. The minimum absolute atomic E-state index is 0.00140. The molecule has 0 atom stereocenters. The smallest absolute Gasteiger partial charge is 0.263 e. The van der Waals surface area contributed by atoms with E-state index in [1.807, 2.05) is 30.3 Å². The Morgan fingerprint density at radius 1 is 1.00 bits per heavy atom. The maximum atomic E-state index is 12.7. The molecule has 1 heterocycles. The van der Waals surface area contributed by atoms with Crippen LogP contribution in [0, 0.1) is 0 Å². The number of anilines is 2. The van der Waals surface area contributed by atoms with Crippen LogP contribution in [0.1, 0.15) is 15.9 Å². The number of carbonyl (C=O) groups is 1. The van der Waals surface area contributed by atoms with E-state index in [0.29, 0.717) is 28.1 Å². The van der Waals surface area contributed by atoms with Crippen molar-refractivity contribution in [3.8, 4) is 11.6 Å². The number of ether oxygens (including phenoxy) is 2. The summed E-state index contributed by atoms with van der Waals surface area (Å²) in [5, 5.41) is 5.52. The van der Waals surface area contributed by atoms with Crippen molar-refractivity contribution in [3.05, 3.63) is 101 Å². The third-order valence-electron chi connectivity index (χ3n) is 5.42. The average molecular weight is 643 g/mol. The standard InChI is InChI=1S/C27H24BrN5O5S2/c1-37-25-16-24(29-17-30-25)33-40(35,36)21-10-8-20(9-11-21)31-27(39)32-26(34)19-7-12-23(22(28)15-19)38-14-13-18-5-3-2-4-6-18/h2-12,15-17H,13-14H2,1H3,(H,29,30,33)(H2,31,32,34,39). The molecule has 10 nitrogen and oxygen atoms in total. The molecule has 3 aromatic carbocycles. The second-order valence-electron chi connectivity index (χ2n) is 8.21. The van der Waals surface area contributed by atoms with Gasteiger partial charge in [-0.3, -0.25) is 14.8 Å². The molecular formula is C27H24BrN5O5S2. The van der Waals surface area contributed by atoms with Crippen molar-refractivity contribution in [3.63, 3.8) is 0 Å². The maximum Gasteiger partial charge on any atom is 0.263 e. The summed E-state index contributed by atoms with van der Waals surface area (Å²) >= 11 is 8.71. The SMILES string of the molecule is COc1cc(NS(=O)(=O)c2ccc(NC(=S)NC(=O)c3ccc(OCCc4ccccc4)c(Br)c3)cc2)ncn1. The van der Waals surface area contributed by atoms with Crippen LogP contribution in [0.25, 0.3) is 0 Å². The Bertz CT molecular complexity index is 1600. The Morgan fingerprint density at radius 3 is 2.45 bits per heavy atom. The van der Waals surface area contributed by atoms with Gasteiger partial charge in [-0.2, -0.15) is 0 Å². The predicted molar refractivity (Wildman–Crippen MR) is 159 cm³/mol. The predicted octanol–water partition coefficient (Wildman–Crippen LogP) is 4.80. The van der Waals surface area contributed by atoms with Crippen LogP contribution in [0.4, 0.5) is 11.5 Å². The molecule has 0 unspecified atom stereocenters. The highest BCUT2D eigenvalue weighted by atomic mass is 79.9. The number of benzene rings is 3. The third kappa shape index (κ3) is 7.97. The van der Waals surface area contributed by atoms with Gasteiger partial charge < -0.3 is 14.8 Å². The number of hydrogen-bond donors (Lipinski definition) is 3. The normalized spacial score (nSPS) is 10.8. The van der Waals surface area contributed by atoms with E-state index in [-0.39, 0.29) is 21.7 Å². The lowest BCUT2D eigenvalue weighted by atomic mass is 10.2. The lowest BCUT2D eigenvalue weighted by Gasteiger charge is -2.12. The number of thiocarbonyl (C=S) groups is 1. The first-order chi connectivity index (χ1) is 19.2. The maximum absolute atomic E-state index is 12.7. The average Bonchev–Trinajstić information content (AvgIpc) is 2.94. The largest absolute Gasteiger partial charge is 0.492 e. The van der Waals surface area contributed by atoms with Crippen molar-refractivity contribution in [2.75, 3.05) is 23.8 Å². The molecule has 0 bridgehead atoms. The molecule has 40 heavy (non-hydrogen) atoms. The molecule has 0 saturated heterocycles. The van der Waals surface area contributed by atoms with Crippen LogP contribution < -0.4 is 24.8 Å². The van der Waals surface area contributed by atoms with Gasteiger partial charge >= 0.3 is 0 Å². The number of aromatic nitrogens is 2. The van der Waals surface area contributed by atoms with Gasteiger partial charge in [0.2, 0.25) is 5.88 Å². The van der Waals surface area contributed by atoms with Gasteiger partial charge in [0.15, 0.2) is 5.11 Å². The second kappa shape index (κ2) is 13.3. The Balaban J connectivity index is 1.30. The van der Waals surface area contributed by atoms with Gasteiger partial charge in [-0.15, -0.1) is 0 Å². The van der Waals surface area contributed by atoms with E-state index >= 15 is 0 Å². The van der Waals surface area contributed by atoms with Crippen molar-refractivity contribution in [2.24, 2.45) is 0 Å². The number of nitrogens with one attached hydrogen (secondary N) is 3. The van der Waals surface area contributed by atoms with Crippen molar-refractivity contribution in [1.82, 2.24) is 15.3 Å². The summed E-state index contributed by atoms with van der Waals surface area (Å²) in [4.78, 5) is 20.4. The van der Waals surface area contributed by atoms with Crippen molar-refractivity contribution < 1.29 is 22.7 Å². The number of rotatable bonds is 10. The van der Waals surface area contributed by atoms with E-state index in [1.165, 1.54) is 49.3 Å². The summed E-state index contributed by atoms with van der Waals surface area (Å²) < 4.78 is 39.2. The molecule has 0 radical (unpaired) electrons. The Hall–Kier alpha value is -4.07. The van der Waals surface area contributed by atoms with Gasteiger partial charge in [0, 0.05) is 23.7 Å². The van der Waals surface area contributed by atoms with Crippen LogP contribution in [0.2, 0.25) is 0 Å². The van der Waals surface area contributed by atoms with Gasteiger partial charge in [0.25, 0.3) is 15.9 Å². The van der Waals surface area contributed by atoms with Crippen molar-refractivity contribution in [1.29, 1.82) is 0 Å². The number of sulfonamides is 1. The molecule has 0 spiro atoms. The van der Waals surface area contributed by atoms with E-state index < -0.39 is 15.9 Å². The molecule has 4 aromatic rings. The minimum Gasteiger partial charge on any atom is -0.492 e. The van der Waals surface area contributed by atoms with E-state index in [2.05, 4.69) is 41.3 Å². The van der Waals surface area contributed by atoms with Gasteiger partial charge in [0.05, 0.1) is 23.1 Å². The van der Waals surface area contributed by atoms with Crippen LogP contribution in [-0.2, 0) is 16.4 Å². The summed E-state index contributed by atoms with van der Waals surface area (Å²) in [5.74, 6) is 0.490. The van der Waals surface area contributed by atoms with Crippen LogP contribution >= 0.6 is 28.1 Å². The van der Waals surface area contributed by atoms with Crippen LogP contribution in [0.3, 0.4) is 0 Å². The Kier molecular flexibility index (Phi) is 9.64. The molecule has 0 aliphatic rings. The lowest BCUT2D eigenvalue weighted by Crippen LogP contribution is -2.34. The van der Waals surface area contributed by atoms with Crippen molar-refractivity contribution in [2.45, 2.75) is 11.3 Å². The number of carbonyl (C=O) groups excluding carboxylic acids is 1. The van der Waals surface area contributed by atoms with Crippen LogP contribution in [-0.4, -0.2) is 43.1 Å². The van der Waals surface area contributed by atoms with Gasteiger partial charge in [-0.05, 0) is 76.2 Å². The summed E-state index contributed by atoms with van der Waals surface area (Å²) in [6.45, 7) is 0.494. The molecule has 1 aromatic heterocycles. The first kappa shape index (κ1) is 28.9. The molecule has 1 amide bonds. The number of nitrogens with zero attached hydrogens (tertiary/aromatic N) is 2. The minimum atomic E-state index is -3.91. The second-order valence-corrected chi connectivity index (χ2v) is 11.2. The fourth-order valence-corrected chi connectivity index (χ4v) is 5.14. The van der Waals surface area contributed by atoms with Crippen LogP contribution in [0.5, 0.6) is 11.6 Å². The van der Waals surface area contributed by atoms with Crippen molar-refractivity contribution >= 4 is 60.7 Å². The fraction of sp³-hybridized carbons (Fsp3) is 0.111. The summed E-state index contributed by atoms with van der Waals surface area (Å²) in [5.41, 5.74) is 2.03. The van der Waals surface area contributed by atoms with E-state index in [9.17, 15) is 13.2 Å². The molecule has 206 valence electrons. The molecule has 0 aliphatic carbocycles. The molecule has 4 rings (SSSR count). The van der Waals surface area contributed by atoms with Gasteiger partial charge in [-0.25, -0.2) is 18.4 Å². The highest BCUT2D eigenvalue weighted by Gasteiger charge is 2.16. The summed E-state index contributed by atoms with van der Waals surface area (Å²) in [6.07, 6.45) is 1.95. The highest BCUT2D eigenvalue weighted by Crippen LogP contribution is 2.26. The molecule has 3 N–H and O–H groups in total. The Morgan fingerprint density at radius 2 is 1.75 bits per heavy atom. The molecular weight excluding hydrogens is 618 g/mol. The molecule has 13 heteroatoms. The summed E-state index contributed by atoms with van der Waals surface area (Å²) in [7, 11) is -2.49. The van der Waals surface area contributed by atoms with E-state index in [1.54, 1.807) is 18.2 Å². The van der Waals surface area contributed by atoms with E-state index in [4.69, 9.17) is 21.7 Å². The fourth-order valence-electron chi connectivity index (χ4n) is 3.44. The van der Waals surface area contributed by atoms with Gasteiger partial charge in [-0.1, -0.05) is 30.3 Å². The number of amides is 1. The Labute approximate surface area is 245 Å². The number of methoxy groups -OCH3 is 1. The van der Waals surface area contributed by atoms with E-state index in [0.717, 1.165) is 6.42 Å². The quantitative estimate of drug-likeness (QED) is 0.209. The zero-order chi connectivity index (χ0) is 28.5. The number of halogens is 1. The first-order valence-electron chi connectivity index (χ1n) is 11.8. The van der Waals surface area contributed by atoms with Gasteiger partial charge in [0.1, 0.15) is 17.9 Å². The highest BCUT2D eigenvalue weighted by molar-refractivity contribution is 9.10. The summed E-state index contributed by atoms with van der Waals surface area (Å²) in [6, 6.07) is 22.2. The zero-order valence-electron chi connectivity index (χ0n) is 21.1. The zero-order valence-corrected chi connectivity index (χ0v) is 24.3. The molecule has 0 aliphatic heterocycles. The molecule has 0 saturated carbocycles. The van der Waals surface area contributed by atoms with Crippen LogP contribution in [0.15, 0.2) is 94.6 Å². The number of hydrogen-bond acceptors (Lipinski definition) is 8. The monoisotopic (exact) mass is 641 g/mol. The first-order valence-corrected chi connectivity index (χ1v) is 14.5. The molecule has 0 fully saturated rings. The third-order valence-corrected chi connectivity index (χ3v) is 7.62. The topological polar surface area (TPSA) is 132 Å².